The van der Waals surface area contributed by atoms with E-state index >= 15 is 0 Å². The van der Waals surface area contributed by atoms with Gasteiger partial charge in [0.15, 0.2) is 0 Å². The summed E-state index contributed by atoms with van der Waals surface area (Å²) in [4.78, 5) is 60.8. The molecule has 1 aromatic heterocycles. The number of pyridine rings is 1. The fraction of sp³-hybridized carbons (Fsp3) is 0.440. The van der Waals surface area contributed by atoms with Crippen molar-refractivity contribution in [3.8, 4) is 11.1 Å². The van der Waals surface area contributed by atoms with Crippen LogP contribution in [0, 0.1) is 30.0 Å². The van der Waals surface area contributed by atoms with Crippen molar-refractivity contribution in [2.75, 3.05) is 77.7 Å². The van der Waals surface area contributed by atoms with Crippen molar-refractivity contribution in [2.45, 2.75) is 58.9 Å². The average Bonchev–Trinajstić information content (AvgIpc) is 3.33. The first kappa shape index (κ1) is 50.4. The molecule has 3 atom stereocenters. The fourth-order valence-electron chi connectivity index (χ4n) is 9.22. The van der Waals surface area contributed by atoms with E-state index in [1.54, 1.807) is 29.2 Å². The number of primary amides is 1. The Balaban J connectivity index is 0.000000191. The third kappa shape index (κ3) is 13.2. The van der Waals surface area contributed by atoms with E-state index in [0.29, 0.717) is 43.3 Å². The Morgan fingerprint density at radius 2 is 1.52 bits per heavy atom. The number of halogens is 1. The number of carbonyl (C=O) groups is 4. The molecular weight excluding hydrogens is 842 g/mol. The number of anilines is 1. The Morgan fingerprint density at radius 1 is 0.815 bits per heavy atom. The number of nitrogens with zero attached hydrogens (tertiary/aromatic N) is 6. The predicted octanol–water partition coefficient (Wildman–Crippen LogP) is 5.64. The zero-order valence-corrected chi connectivity index (χ0v) is 39.1. The summed E-state index contributed by atoms with van der Waals surface area (Å²) < 4.78 is 14.3. The largest absolute Gasteiger partial charge is 0.397 e. The lowest BCUT2D eigenvalue weighted by Gasteiger charge is -2.49. The summed E-state index contributed by atoms with van der Waals surface area (Å²) in [6.45, 7) is 16.2. The highest BCUT2D eigenvalue weighted by Gasteiger charge is 2.40. The van der Waals surface area contributed by atoms with E-state index < -0.39 is 17.6 Å². The van der Waals surface area contributed by atoms with Gasteiger partial charge in [-0.1, -0.05) is 62.4 Å². The molecule has 3 unspecified atom stereocenters. The first-order valence-corrected chi connectivity index (χ1v) is 22.6. The van der Waals surface area contributed by atoms with Crippen molar-refractivity contribution in [3.05, 3.63) is 118 Å². The lowest BCUT2D eigenvalue weighted by atomic mass is 9.72. The number of likely N-dealkylation sites (N-methyl/N-ethyl adjacent to an activating group) is 1. The molecule has 5 N–H and O–H groups in total. The minimum absolute atomic E-state index is 0. The summed E-state index contributed by atoms with van der Waals surface area (Å²) in [5, 5.41) is 8.34. The van der Waals surface area contributed by atoms with Crippen LogP contribution in [0.5, 0.6) is 0 Å². The Morgan fingerprint density at radius 3 is 2.14 bits per heavy atom. The van der Waals surface area contributed by atoms with Gasteiger partial charge >= 0.3 is 0 Å². The van der Waals surface area contributed by atoms with Crippen molar-refractivity contribution < 1.29 is 23.6 Å². The number of carbonyl (C=O) groups excluding carboxylic acids is 4. The number of aromatic nitrogens is 1. The molecule has 65 heavy (non-hydrogen) atoms. The molecule has 5 fully saturated rings. The Bertz CT molecular complexity index is 2260. The van der Waals surface area contributed by atoms with Crippen LogP contribution in [0.4, 0.5) is 10.1 Å². The molecule has 3 aromatic carbocycles. The van der Waals surface area contributed by atoms with Crippen molar-refractivity contribution >= 4 is 49.5 Å². The first-order valence-electron chi connectivity index (χ1n) is 22.6. The van der Waals surface area contributed by atoms with Gasteiger partial charge in [0, 0.05) is 107 Å². The van der Waals surface area contributed by atoms with Gasteiger partial charge in [-0.15, -0.1) is 0 Å². The SMILES string of the molecule is CCN1CCN(CC2CC3CCC2CN3C=O)CC1.CCc1cccc(-c2cnc(C)c(N)c2)c1.N=C(Cc1ccc(F)c(C(=O)N2CCN(C=O)CC2)c1)c1ccccc1C(N)=O.S. The number of aryl methyl sites for hydroxylation is 2. The summed E-state index contributed by atoms with van der Waals surface area (Å²) in [7, 11) is 0. The van der Waals surface area contributed by atoms with Gasteiger partial charge in [-0.2, -0.15) is 13.5 Å². The highest BCUT2D eigenvalue weighted by atomic mass is 32.1. The maximum absolute atomic E-state index is 14.3. The lowest BCUT2D eigenvalue weighted by Crippen LogP contribution is -2.55. The number of piperazine rings is 2. The van der Waals surface area contributed by atoms with Gasteiger partial charge in [-0.3, -0.25) is 24.2 Å². The predicted molar refractivity (Wildman–Crippen MR) is 260 cm³/mol. The van der Waals surface area contributed by atoms with E-state index in [1.807, 2.05) is 19.2 Å². The average molecular weight is 908 g/mol. The second kappa shape index (κ2) is 24.0. The molecule has 4 aliphatic heterocycles. The van der Waals surface area contributed by atoms with Crippen LogP contribution in [0.3, 0.4) is 0 Å². The smallest absolute Gasteiger partial charge is 0.256 e. The van der Waals surface area contributed by atoms with E-state index in [2.05, 4.69) is 57.8 Å². The van der Waals surface area contributed by atoms with Crippen molar-refractivity contribution in [1.29, 1.82) is 5.41 Å². The molecule has 13 nitrogen and oxygen atoms in total. The molecule has 1 saturated carbocycles. The van der Waals surface area contributed by atoms with Crippen LogP contribution in [0.1, 0.15) is 76.2 Å². The molecule has 348 valence electrons. The van der Waals surface area contributed by atoms with Gasteiger partial charge in [0.2, 0.25) is 18.7 Å². The standard InChI is InChI=1S/C21H21FN4O3.C15H27N3O.C14H16N2.H2S/c22-18-6-5-14(12-19(23)15-3-1-2-4-16(15)20(24)28)11-17(18)21(29)26-9-7-25(13-27)8-10-26;1-2-16-5-7-17(8-6-16)10-14-9-15-4-3-13(14)11-18(15)12-19;1-3-11-5-4-6-12(7-11)13-8-14(15)10(2)16-9-13;/h1-6,11,13,23H,7-10,12H2,(H2,24,28);12-15H,2-11H2,1H3;4-9H,3,15H2,1-2H3;1H2. The quantitative estimate of drug-likeness (QED) is 0.121. The summed E-state index contributed by atoms with van der Waals surface area (Å²) >= 11 is 0. The van der Waals surface area contributed by atoms with Crippen molar-refractivity contribution in [3.63, 3.8) is 0 Å². The number of nitrogens with one attached hydrogen (secondary N) is 1. The van der Waals surface area contributed by atoms with Gasteiger partial charge in [0.1, 0.15) is 5.82 Å². The number of hydrogen-bond acceptors (Lipinski definition) is 9. The second-order valence-corrected chi connectivity index (χ2v) is 17.3. The summed E-state index contributed by atoms with van der Waals surface area (Å²) in [6.07, 6.45) is 8.67. The van der Waals surface area contributed by atoms with Crippen LogP contribution in [0.15, 0.2) is 79.0 Å². The number of fused-ring (bicyclic) bond motifs is 3. The molecule has 5 aliphatic rings. The minimum atomic E-state index is -0.638. The zero-order chi connectivity index (χ0) is 45.8. The van der Waals surface area contributed by atoms with Gasteiger partial charge < -0.3 is 41.4 Å². The Kier molecular flexibility index (Phi) is 18.6. The third-order valence-electron chi connectivity index (χ3n) is 13.3. The van der Waals surface area contributed by atoms with Gasteiger partial charge in [-0.25, -0.2) is 4.39 Å². The van der Waals surface area contributed by atoms with Gasteiger partial charge in [0.25, 0.3) is 5.91 Å². The maximum Gasteiger partial charge on any atom is 0.256 e. The highest BCUT2D eigenvalue weighted by Crippen LogP contribution is 2.39. The number of rotatable bonds is 12. The van der Waals surface area contributed by atoms with Gasteiger partial charge in [-0.05, 0) is 91.9 Å². The third-order valence-corrected chi connectivity index (χ3v) is 13.3. The summed E-state index contributed by atoms with van der Waals surface area (Å²) in [5.74, 6) is -0.114. The fourth-order valence-corrected chi connectivity index (χ4v) is 9.22. The lowest BCUT2D eigenvalue weighted by molar-refractivity contribution is -0.127. The van der Waals surface area contributed by atoms with Crippen LogP contribution in [-0.4, -0.2) is 138 Å². The van der Waals surface area contributed by atoms with E-state index in [4.69, 9.17) is 16.9 Å². The number of nitrogens with two attached hydrogens (primary N) is 2. The summed E-state index contributed by atoms with van der Waals surface area (Å²) in [5.41, 5.74) is 17.8. The second-order valence-electron chi connectivity index (χ2n) is 17.3. The molecule has 15 heteroatoms. The molecular formula is C50H66FN9O4S. The topological polar surface area (TPSA) is 173 Å². The van der Waals surface area contributed by atoms with Crippen LogP contribution in [-0.2, 0) is 22.4 Å². The Hall–Kier alpha value is -5.64. The van der Waals surface area contributed by atoms with Crippen LogP contribution >= 0.6 is 13.5 Å². The maximum atomic E-state index is 14.3. The van der Waals surface area contributed by atoms with E-state index in [1.165, 1.54) is 92.8 Å². The van der Waals surface area contributed by atoms with Gasteiger partial charge in [0.05, 0.1) is 16.9 Å². The van der Waals surface area contributed by atoms with Crippen LogP contribution in [0.25, 0.3) is 11.1 Å². The molecule has 4 amide bonds. The van der Waals surface area contributed by atoms with E-state index in [-0.39, 0.29) is 36.8 Å². The molecule has 1 aliphatic carbocycles. The zero-order valence-electron chi connectivity index (χ0n) is 38.1. The highest BCUT2D eigenvalue weighted by molar-refractivity contribution is 7.59. The number of amides is 4. The molecule has 9 rings (SSSR count). The number of nitrogen functional groups attached to an aromatic ring is 1. The van der Waals surface area contributed by atoms with Crippen molar-refractivity contribution in [1.82, 2.24) is 29.5 Å². The normalized spacial score (nSPS) is 19.4. The molecule has 0 radical (unpaired) electrons. The number of benzene rings is 3. The Labute approximate surface area is 390 Å². The number of hydrogen-bond donors (Lipinski definition) is 3. The van der Waals surface area contributed by atoms with E-state index in [9.17, 15) is 23.6 Å². The molecule has 5 heterocycles. The molecule has 4 aromatic rings. The summed E-state index contributed by atoms with van der Waals surface area (Å²) in [6, 6.07) is 21.7. The van der Waals surface area contributed by atoms with E-state index in [0.717, 1.165) is 54.6 Å². The first-order chi connectivity index (χ1) is 30.9. The van der Waals surface area contributed by atoms with Crippen molar-refractivity contribution in [2.24, 2.45) is 17.6 Å². The minimum Gasteiger partial charge on any atom is -0.397 e. The van der Waals surface area contributed by atoms with Crippen LogP contribution in [0.2, 0.25) is 0 Å². The van der Waals surface area contributed by atoms with Crippen LogP contribution < -0.4 is 11.5 Å². The number of piperidine rings is 2. The monoisotopic (exact) mass is 907 g/mol. The molecule has 2 bridgehead atoms. The molecule has 4 saturated heterocycles. The molecule has 0 spiro atoms.